The minimum absolute atomic E-state index is 0.0561. The summed E-state index contributed by atoms with van der Waals surface area (Å²) in [4.78, 5) is 16.5. The fourth-order valence-corrected chi connectivity index (χ4v) is 3.35. The molecule has 0 aliphatic carbocycles. The molecule has 0 atom stereocenters. The number of ether oxygens (including phenoxy) is 1. The number of fused-ring (bicyclic) bond motifs is 1. The molecule has 0 fully saturated rings. The molecule has 0 aliphatic heterocycles. The van der Waals surface area contributed by atoms with Crippen molar-refractivity contribution in [2.75, 3.05) is 11.9 Å². The Morgan fingerprint density at radius 2 is 2.19 bits per heavy atom. The summed E-state index contributed by atoms with van der Waals surface area (Å²) in [6.07, 6.45) is 5.69. The lowest BCUT2D eigenvalue weighted by molar-refractivity contribution is -0.115. The highest BCUT2D eigenvalue weighted by atomic mass is 32.1. The number of thiazole rings is 1. The van der Waals surface area contributed by atoms with E-state index in [0.29, 0.717) is 17.9 Å². The Labute approximate surface area is 161 Å². The molecule has 0 spiro atoms. The normalized spacial score (nSPS) is 11.2. The van der Waals surface area contributed by atoms with Crippen molar-refractivity contribution in [1.29, 1.82) is 0 Å². The molecular formula is C21H21FN2O2S. The smallest absolute Gasteiger partial charge is 0.228 e. The molecule has 0 saturated carbocycles. The van der Waals surface area contributed by atoms with Gasteiger partial charge in [0, 0.05) is 11.3 Å². The number of carbonyl (C=O) groups excluding carboxylic acids is 1. The zero-order valence-electron chi connectivity index (χ0n) is 15.1. The second-order valence-corrected chi connectivity index (χ2v) is 6.89. The highest BCUT2D eigenvalue weighted by molar-refractivity contribution is 7.16. The lowest BCUT2D eigenvalue weighted by Gasteiger charge is -2.10. The molecule has 0 aliphatic rings. The number of halogens is 1. The number of hydrogen-bond donors (Lipinski definition) is 1. The number of aromatic nitrogens is 1. The molecule has 4 nitrogen and oxygen atoms in total. The molecule has 1 N–H and O–H groups in total. The maximum Gasteiger partial charge on any atom is 0.228 e. The van der Waals surface area contributed by atoms with Crippen LogP contribution < -0.4 is 10.1 Å². The average Bonchev–Trinajstić information content (AvgIpc) is 3.12. The molecule has 0 saturated heterocycles. The van der Waals surface area contributed by atoms with Crippen LogP contribution in [-0.4, -0.2) is 17.5 Å². The van der Waals surface area contributed by atoms with E-state index < -0.39 is 5.82 Å². The highest BCUT2D eigenvalue weighted by Crippen LogP contribution is 2.23. The molecule has 140 valence electrons. The SMILES string of the molecule is CC/C=C/CCOc1cccc(CC(=O)Nc2ccc3ncsc3c2)c1F. The number of benzene rings is 2. The average molecular weight is 384 g/mol. The minimum atomic E-state index is -0.481. The molecular weight excluding hydrogens is 363 g/mol. The van der Waals surface area contributed by atoms with Crippen molar-refractivity contribution in [1.82, 2.24) is 4.98 Å². The van der Waals surface area contributed by atoms with Crippen LogP contribution in [0.1, 0.15) is 25.3 Å². The number of anilines is 1. The Balaban J connectivity index is 1.61. The largest absolute Gasteiger partial charge is 0.490 e. The maximum absolute atomic E-state index is 14.6. The summed E-state index contributed by atoms with van der Waals surface area (Å²) >= 11 is 1.51. The third-order valence-electron chi connectivity index (χ3n) is 3.95. The van der Waals surface area contributed by atoms with Gasteiger partial charge in [0.25, 0.3) is 0 Å². The van der Waals surface area contributed by atoms with Crippen LogP contribution in [0, 0.1) is 5.82 Å². The van der Waals surface area contributed by atoms with Crippen molar-refractivity contribution in [3.8, 4) is 5.75 Å². The van der Waals surface area contributed by atoms with E-state index in [1.807, 2.05) is 24.3 Å². The molecule has 1 heterocycles. The third-order valence-corrected chi connectivity index (χ3v) is 4.75. The van der Waals surface area contributed by atoms with Gasteiger partial charge in [-0.15, -0.1) is 11.3 Å². The molecule has 27 heavy (non-hydrogen) atoms. The molecule has 3 rings (SSSR count). The summed E-state index contributed by atoms with van der Waals surface area (Å²) in [7, 11) is 0. The molecule has 2 aromatic carbocycles. The Kier molecular flexibility index (Phi) is 6.54. The van der Waals surface area contributed by atoms with Crippen molar-refractivity contribution >= 4 is 33.1 Å². The second-order valence-electron chi connectivity index (χ2n) is 6.01. The number of hydrogen-bond acceptors (Lipinski definition) is 4. The summed E-state index contributed by atoms with van der Waals surface area (Å²) in [5, 5.41) is 2.81. The van der Waals surface area contributed by atoms with Crippen LogP contribution >= 0.6 is 11.3 Å². The van der Waals surface area contributed by atoms with Crippen molar-refractivity contribution in [2.24, 2.45) is 0 Å². The fraction of sp³-hybridized carbons (Fsp3) is 0.238. The topological polar surface area (TPSA) is 51.2 Å². The molecule has 0 radical (unpaired) electrons. The van der Waals surface area contributed by atoms with Crippen LogP contribution in [0.25, 0.3) is 10.2 Å². The monoisotopic (exact) mass is 384 g/mol. The molecule has 0 unspecified atom stereocenters. The Morgan fingerprint density at radius 3 is 3.04 bits per heavy atom. The number of amides is 1. The predicted molar refractivity (Wildman–Crippen MR) is 108 cm³/mol. The van der Waals surface area contributed by atoms with E-state index in [4.69, 9.17) is 4.74 Å². The maximum atomic E-state index is 14.6. The van der Waals surface area contributed by atoms with Crippen LogP contribution in [0.5, 0.6) is 5.75 Å². The minimum Gasteiger partial charge on any atom is -0.490 e. The quantitative estimate of drug-likeness (QED) is 0.421. The van der Waals surface area contributed by atoms with Crippen molar-refractivity contribution in [3.05, 3.63) is 65.4 Å². The van der Waals surface area contributed by atoms with E-state index in [1.165, 1.54) is 11.3 Å². The van der Waals surface area contributed by atoms with Gasteiger partial charge >= 0.3 is 0 Å². The lowest BCUT2D eigenvalue weighted by Crippen LogP contribution is -2.15. The van der Waals surface area contributed by atoms with Gasteiger partial charge < -0.3 is 10.1 Å². The summed E-state index contributed by atoms with van der Waals surface area (Å²) < 4.78 is 21.1. The van der Waals surface area contributed by atoms with Gasteiger partial charge in [-0.25, -0.2) is 9.37 Å². The van der Waals surface area contributed by atoms with Gasteiger partial charge in [0.1, 0.15) is 0 Å². The van der Waals surface area contributed by atoms with Gasteiger partial charge in [-0.05, 0) is 37.1 Å². The van der Waals surface area contributed by atoms with E-state index >= 15 is 0 Å². The highest BCUT2D eigenvalue weighted by Gasteiger charge is 2.13. The van der Waals surface area contributed by atoms with Crippen LogP contribution in [-0.2, 0) is 11.2 Å². The molecule has 1 amide bonds. The number of carbonyl (C=O) groups is 1. The Morgan fingerprint density at radius 1 is 1.30 bits per heavy atom. The third kappa shape index (κ3) is 5.14. The Hall–Kier alpha value is -2.73. The first-order valence-electron chi connectivity index (χ1n) is 8.85. The molecule has 3 aromatic rings. The number of rotatable bonds is 8. The van der Waals surface area contributed by atoms with Crippen LogP contribution in [0.2, 0.25) is 0 Å². The summed E-state index contributed by atoms with van der Waals surface area (Å²) in [5.74, 6) is -0.581. The summed E-state index contributed by atoms with van der Waals surface area (Å²) in [6.45, 7) is 2.46. The van der Waals surface area contributed by atoms with E-state index in [2.05, 4.69) is 17.2 Å². The Bertz CT molecular complexity index is 952. The first-order chi connectivity index (χ1) is 13.2. The second kappa shape index (κ2) is 9.28. The van der Waals surface area contributed by atoms with Gasteiger partial charge in [0.15, 0.2) is 11.6 Å². The van der Waals surface area contributed by atoms with E-state index in [9.17, 15) is 9.18 Å². The molecule has 6 heteroatoms. The fourth-order valence-electron chi connectivity index (χ4n) is 2.64. The van der Waals surface area contributed by atoms with Crippen molar-refractivity contribution in [3.63, 3.8) is 0 Å². The lowest BCUT2D eigenvalue weighted by atomic mass is 10.1. The zero-order chi connectivity index (χ0) is 19.1. The van der Waals surface area contributed by atoms with Gasteiger partial charge in [0.2, 0.25) is 5.91 Å². The van der Waals surface area contributed by atoms with E-state index in [-0.39, 0.29) is 18.1 Å². The predicted octanol–water partition coefficient (Wildman–Crippen LogP) is 5.35. The molecule has 0 bridgehead atoms. The summed E-state index contributed by atoms with van der Waals surface area (Å²) in [5.41, 5.74) is 3.64. The first kappa shape index (κ1) is 19.0. The number of nitrogens with zero attached hydrogens (tertiary/aromatic N) is 1. The van der Waals surface area contributed by atoms with Gasteiger partial charge in [0.05, 0.1) is 28.8 Å². The van der Waals surface area contributed by atoms with Gasteiger partial charge in [-0.3, -0.25) is 4.79 Å². The molecule has 1 aromatic heterocycles. The van der Waals surface area contributed by atoms with E-state index in [0.717, 1.165) is 23.1 Å². The van der Waals surface area contributed by atoms with Crippen LogP contribution in [0.4, 0.5) is 10.1 Å². The van der Waals surface area contributed by atoms with Crippen molar-refractivity contribution in [2.45, 2.75) is 26.2 Å². The van der Waals surface area contributed by atoms with Gasteiger partial charge in [-0.2, -0.15) is 0 Å². The van der Waals surface area contributed by atoms with Crippen LogP contribution in [0.3, 0.4) is 0 Å². The van der Waals surface area contributed by atoms with Crippen LogP contribution in [0.15, 0.2) is 54.1 Å². The van der Waals surface area contributed by atoms with Crippen molar-refractivity contribution < 1.29 is 13.9 Å². The summed E-state index contributed by atoms with van der Waals surface area (Å²) in [6, 6.07) is 10.4. The zero-order valence-corrected chi connectivity index (χ0v) is 15.9. The first-order valence-corrected chi connectivity index (χ1v) is 9.73. The number of allylic oxidation sites excluding steroid dienone is 1. The van der Waals surface area contributed by atoms with Gasteiger partial charge in [-0.1, -0.05) is 31.2 Å². The van der Waals surface area contributed by atoms with E-state index in [1.54, 1.807) is 29.8 Å². The standard InChI is InChI=1S/C21H21FN2O2S/c1-2-3-4-5-11-26-18-8-6-7-15(21(18)22)12-20(25)24-16-9-10-17-19(13-16)27-14-23-17/h3-4,6-10,13-14H,2,5,11-12H2,1H3,(H,24,25)/b4-3+. The number of nitrogens with one attached hydrogen (secondary N) is 1.